The summed E-state index contributed by atoms with van der Waals surface area (Å²) in [6, 6.07) is 7.85. The molecule has 0 bridgehead atoms. The normalized spacial score (nSPS) is 10.1. The standard InChI is InChI=1S/C13H13N3OS/c1-2-9-4-3-5-10(6-9)17-12-8-15-11(7-16-12)13(14)18/h3-8H,2H2,1H3,(H2,14,18). The minimum absolute atomic E-state index is 0.224. The van der Waals surface area contributed by atoms with Gasteiger partial charge in [0.15, 0.2) is 0 Å². The molecule has 0 saturated heterocycles. The molecule has 92 valence electrons. The first kappa shape index (κ1) is 12.4. The van der Waals surface area contributed by atoms with Gasteiger partial charge in [0.2, 0.25) is 5.88 Å². The second-order valence-electron chi connectivity index (χ2n) is 3.71. The van der Waals surface area contributed by atoms with E-state index in [0.717, 1.165) is 12.2 Å². The molecule has 1 aromatic carbocycles. The van der Waals surface area contributed by atoms with Crippen LogP contribution >= 0.6 is 12.2 Å². The van der Waals surface area contributed by atoms with Crippen molar-refractivity contribution in [3.05, 3.63) is 47.9 Å². The summed E-state index contributed by atoms with van der Waals surface area (Å²) < 4.78 is 5.60. The Labute approximate surface area is 111 Å². The number of ether oxygens (including phenoxy) is 1. The fourth-order valence-corrected chi connectivity index (χ4v) is 1.55. The van der Waals surface area contributed by atoms with Crippen molar-refractivity contribution >= 4 is 17.2 Å². The smallest absolute Gasteiger partial charge is 0.237 e. The van der Waals surface area contributed by atoms with Gasteiger partial charge in [-0.3, -0.25) is 0 Å². The number of thiocarbonyl (C=S) groups is 1. The Morgan fingerprint density at radius 1 is 1.33 bits per heavy atom. The van der Waals surface area contributed by atoms with Crippen LogP contribution in [0.15, 0.2) is 36.7 Å². The SMILES string of the molecule is CCc1cccc(Oc2cnc(C(N)=S)cn2)c1. The van der Waals surface area contributed by atoms with Crippen LogP contribution in [0.25, 0.3) is 0 Å². The average Bonchev–Trinajstić information content (AvgIpc) is 2.39. The van der Waals surface area contributed by atoms with E-state index in [0.29, 0.717) is 11.6 Å². The number of hydrogen-bond acceptors (Lipinski definition) is 4. The third-order valence-corrected chi connectivity index (χ3v) is 2.62. The lowest BCUT2D eigenvalue weighted by Crippen LogP contribution is -2.11. The van der Waals surface area contributed by atoms with Crippen LogP contribution in [-0.2, 0) is 6.42 Å². The molecule has 0 atom stereocenters. The zero-order chi connectivity index (χ0) is 13.0. The van der Waals surface area contributed by atoms with Gasteiger partial charge < -0.3 is 10.5 Å². The number of nitrogens with zero attached hydrogens (tertiary/aromatic N) is 2. The predicted molar refractivity (Wildman–Crippen MR) is 73.8 cm³/mol. The highest BCUT2D eigenvalue weighted by Crippen LogP contribution is 2.19. The zero-order valence-electron chi connectivity index (χ0n) is 9.96. The predicted octanol–water partition coefficient (Wildman–Crippen LogP) is 2.47. The Bertz CT molecular complexity index is 554. The molecule has 0 aliphatic heterocycles. The molecule has 0 amide bonds. The van der Waals surface area contributed by atoms with E-state index in [-0.39, 0.29) is 4.99 Å². The van der Waals surface area contributed by atoms with Crippen LogP contribution in [-0.4, -0.2) is 15.0 Å². The van der Waals surface area contributed by atoms with E-state index in [4.69, 9.17) is 22.7 Å². The van der Waals surface area contributed by atoms with Gasteiger partial charge in [-0.1, -0.05) is 31.3 Å². The van der Waals surface area contributed by atoms with Crippen molar-refractivity contribution in [1.82, 2.24) is 9.97 Å². The summed E-state index contributed by atoms with van der Waals surface area (Å²) in [4.78, 5) is 8.39. The van der Waals surface area contributed by atoms with Gasteiger partial charge in [-0.15, -0.1) is 0 Å². The van der Waals surface area contributed by atoms with Gasteiger partial charge in [-0.25, -0.2) is 9.97 Å². The van der Waals surface area contributed by atoms with Crippen LogP contribution in [0.1, 0.15) is 18.2 Å². The fourth-order valence-electron chi connectivity index (χ4n) is 1.45. The van der Waals surface area contributed by atoms with Crippen LogP contribution in [0, 0.1) is 0 Å². The first-order valence-corrected chi connectivity index (χ1v) is 5.98. The maximum atomic E-state index is 5.60. The van der Waals surface area contributed by atoms with Crippen LogP contribution in [0.4, 0.5) is 0 Å². The number of hydrogen-bond donors (Lipinski definition) is 1. The van der Waals surface area contributed by atoms with Gasteiger partial charge >= 0.3 is 0 Å². The Kier molecular flexibility index (Phi) is 3.84. The van der Waals surface area contributed by atoms with Crippen LogP contribution in [0.3, 0.4) is 0 Å². The number of aromatic nitrogens is 2. The molecule has 1 aromatic heterocycles. The maximum Gasteiger partial charge on any atom is 0.237 e. The Morgan fingerprint density at radius 2 is 2.17 bits per heavy atom. The molecule has 2 N–H and O–H groups in total. The molecule has 0 aliphatic carbocycles. The van der Waals surface area contributed by atoms with Gasteiger partial charge in [-0.05, 0) is 24.1 Å². The second kappa shape index (κ2) is 5.55. The van der Waals surface area contributed by atoms with E-state index in [1.165, 1.54) is 18.0 Å². The van der Waals surface area contributed by atoms with Crippen molar-refractivity contribution in [1.29, 1.82) is 0 Å². The minimum atomic E-state index is 0.224. The topological polar surface area (TPSA) is 61.0 Å². The molecule has 2 rings (SSSR count). The zero-order valence-corrected chi connectivity index (χ0v) is 10.8. The van der Waals surface area contributed by atoms with Crippen molar-refractivity contribution in [2.45, 2.75) is 13.3 Å². The van der Waals surface area contributed by atoms with Crippen LogP contribution < -0.4 is 10.5 Å². The van der Waals surface area contributed by atoms with Crippen molar-refractivity contribution < 1.29 is 4.74 Å². The van der Waals surface area contributed by atoms with Gasteiger partial charge in [-0.2, -0.15) is 0 Å². The molecular formula is C13H13N3OS. The monoisotopic (exact) mass is 259 g/mol. The largest absolute Gasteiger partial charge is 0.437 e. The highest BCUT2D eigenvalue weighted by Gasteiger charge is 2.02. The molecule has 0 aliphatic rings. The average molecular weight is 259 g/mol. The Hall–Kier alpha value is -2.01. The second-order valence-corrected chi connectivity index (χ2v) is 4.15. The third kappa shape index (κ3) is 3.01. The maximum absolute atomic E-state index is 5.60. The number of benzene rings is 1. The number of aryl methyl sites for hydroxylation is 1. The molecule has 4 nitrogen and oxygen atoms in total. The fraction of sp³-hybridized carbons (Fsp3) is 0.154. The first-order chi connectivity index (χ1) is 8.69. The summed E-state index contributed by atoms with van der Waals surface area (Å²) in [5.74, 6) is 1.16. The lowest BCUT2D eigenvalue weighted by Gasteiger charge is -2.06. The first-order valence-electron chi connectivity index (χ1n) is 5.57. The van der Waals surface area contributed by atoms with Crippen molar-refractivity contribution in [3.63, 3.8) is 0 Å². The molecule has 2 aromatic rings. The minimum Gasteiger partial charge on any atom is -0.437 e. The lowest BCUT2D eigenvalue weighted by molar-refractivity contribution is 0.459. The van der Waals surface area contributed by atoms with Crippen molar-refractivity contribution in [2.24, 2.45) is 5.73 Å². The Morgan fingerprint density at radius 3 is 2.78 bits per heavy atom. The molecule has 0 unspecified atom stereocenters. The van der Waals surface area contributed by atoms with Gasteiger partial charge in [0.25, 0.3) is 0 Å². The highest BCUT2D eigenvalue weighted by atomic mass is 32.1. The molecular weight excluding hydrogens is 246 g/mol. The van der Waals surface area contributed by atoms with Crippen LogP contribution in [0.2, 0.25) is 0 Å². The third-order valence-electron chi connectivity index (χ3n) is 2.41. The summed E-state index contributed by atoms with van der Waals surface area (Å²) in [7, 11) is 0. The summed E-state index contributed by atoms with van der Waals surface area (Å²) in [5, 5.41) is 0. The van der Waals surface area contributed by atoms with E-state index in [1.807, 2.05) is 18.2 Å². The highest BCUT2D eigenvalue weighted by molar-refractivity contribution is 7.80. The summed E-state index contributed by atoms with van der Waals surface area (Å²) in [6.45, 7) is 2.09. The summed E-state index contributed by atoms with van der Waals surface area (Å²) >= 11 is 4.80. The van der Waals surface area contributed by atoms with Crippen LogP contribution in [0.5, 0.6) is 11.6 Å². The summed E-state index contributed by atoms with van der Waals surface area (Å²) in [6.07, 6.45) is 3.97. The van der Waals surface area contributed by atoms with E-state index in [2.05, 4.69) is 23.0 Å². The van der Waals surface area contributed by atoms with E-state index < -0.39 is 0 Å². The van der Waals surface area contributed by atoms with Gasteiger partial charge in [0.05, 0.1) is 12.4 Å². The Balaban J connectivity index is 2.15. The molecule has 0 spiro atoms. The van der Waals surface area contributed by atoms with E-state index >= 15 is 0 Å². The number of nitrogens with two attached hydrogens (primary N) is 1. The molecule has 0 saturated carbocycles. The summed E-state index contributed by atoms with van der Waals surface area (Å²) in [5.41, 5.74) is 7.14. The molecule has 0 radical (unpaired) electrons. The van der Waals surface area contributed by atoms with E-state index in [1.54, 1.807) is 0 Å². The molecule has 5 heteroatoms. The quantitative estimate of drug-likeness (QED) is 0.855. The van der Waals surface area contributed by atoms with Gasteiger partial charge in [0.1, 0.15) is 16.4 Å². The molecule has 1 heterocycles. The molecule has 0 fully saturated rings. The van der Waals surface area contributed by atoms with Crippen molar-refractivity contribution in [2.75, 3.05) is 0 Å². The van der Waals surface area contributed by atoms with Crippen molar-refractivity contribution in [3.8, 4) is 11.6 Å². The lowest BCUT2D eigenvalue weighted by atomic mass is 10.2. The van der Waals surface area contributed by atoms with E-state index in [9.17, 15) is 0 Å². The van der Waals surface area contributed by atoms with Gasteiger partial charge in [0, 0.05) is 0 Å². The molecule has 18 heavy (non-hydrogen) atoms. The number of rotatable bonds is 4.